The SMILES string of the molecule is CC(C)C[C@@H]1NC(=O)C(C(C)C)NC(=O)[C@H](C(C)C)OC(=O)[C@@H](CC(C)C)NC(=O)[C@@H](C(C)C)NC(=O)[C@H](C(C)C)OC1=O. The molecule has 0 spiro atoms. The van der Waals surface area contributed by atoms with E-state index in [1.807, 2.05) is 27.7 Å². The average molecular weight is 625 g/mol. The van der Waals surface area contributed by atoms with Crippen LogP contribution in [0.25, 0.3) is 0 Å². The third kappa shape index (κ3) is 11.7. The van der Waals surface area contributed by atoms with Gasteiger partial charge < -0.3 is 30.7 Å². The van der Waals surface area contributed by atoms with Crippen LogP contribution in [-0.4, -0.2) is 71.9 Å². The van der Waals surface area contributed by atoms with Crippen LogP contribution < -0.4 is 21.3 Å². The maximum atomic E-state index is 13.5. The highest BCUT2D eigenvalue weighted by molar-refractivity contribution is 5.95. The molecular formula is C32H56N4O8. The molecule has 1 heterocycles. The number of carbonyl (C=O) groups excluding carboxylic acids is 6. The summed E-state index contributed by atoms with van der Waals surface area (Å²) >= 11 is 0. The lowest BCUT2D eigenvalue weighted by atomic mass is 9.98. The molecule has 0 saturated carbocycles. The summed E-state index contributed by atoms with van der Waals surface area (Å²) in [6.07, 6.45) is -2.08. The topological polar surface area (TPSA) is 169 Å². The van der Waals surface area contributed by atoms with E-state index in [1.54, 1.807) is 55.4 Å². The number of hydrogen-bond acceptors (Lipinski definition) is 8. The fourth-order valence-electron chi connectivity index (χ4n) is 4.83. The summed E-state index contributed by atoms with van der Waals surface area (Å²) in [6, 6.07) is -4.33. The molecule has 1 rings (SSSR count). The van der Waals surface area contributed by atoms with Crippen LogP contribution in [-0.2, 0) is 38.2 Å². The van der Waals surface area contributed by atoms with E-state index in [1.165, 1.54) is 0 Å². The van der Waals surface area contributed by atoms with Crippen molar-refractivity contribution in [1.29, 1.82) is 0 Å². The first kappa shape index (κ1) is 38.8. The molecule has 12 nitrogen and oxygen atoms in total. The lowest BCUT2D eigenvalue weighted by molar-refractivity contribution is -0.164. The molecule has 0 aromatic heterocycles. The van der Waals surface area contributed by atoms with Crippen molar-refractivity contribution >= 4 is 35.6 Å². The van der Waals surface area contributed by atoms with Gasteiger partial charge in [0.15, 0.2) is 12.2 Å². The van der Waals surface area contributed by atoms with E-state index in [2.05, 4.69) is 21.3 Å². The first-order valence-corrected chi connectivity index (χ1v) is 15.9. The molecule has 6 atom stereocenters. The van der Waals surface area contributed by atoms with Crippen molar-refractivity contribution in [1.82, 2.24) is 21.3 Å². The Balaban J connectivity index is 3.71. The van der Waals surface area contributed by atoms with Gasteiger partial charge in [0.1, 0.15) is 24.2 Å². The summed E-state index contributed by atoms with van der Waals surface area (Å²) in [5.74, 6) is -5.92. The normalized spacial score (nSPS) is 27.1. The van der Waals surface area contributed by atoms with E-state index in [0.29, 0.717) is 0 Å². The smallest absolute Gasteiger partial charge is 0.329 e. The standard InChI is InChI=1S/C32H56N4O8/c1-15(2)13-21-31(41)43-25(19(9)10)29(39)36-24(18(7)8)28(38)34-22(14-16(3)4)32(42)44-26(20(11)12)30(40)35-23(17(5)6)27(37)33-21/h15-26H,13-14H2,1-12H3,(H,33,37)(H,34,38)(H,35,40)(H,36,39)/t21-,22+,23-,24?,25+,26+/m1/s1. The van der Waals surface area contributed by atoms with E-state index < -0.39 is 83.8 Å². The summed E-state index contributed by atoms with van der Waals surface area (Å²) in [4.78, 5) is 80.9. The molecular weight excluding hydrogens is 568 g/mol. The van der Waals surface area contributed by atoms with Crippen molar-refractivity contribution in [2.75, 3.05) is 0 Å². The lowest BCUT2D eigenvalue weighted by Crippen LogP contribution is -2.59. The molecule has 252 valence electrons. The maximum Gasteiger partial charge on any atom is 0.329 e. The molecule has 44 heavy (non-hydrogen) atoms. The van der Waals surface area contributed by atoms with E-state index >= 15 is 0 Å². The molecule has 1 unspecified atom stereocenters. The van der Waals surface area contributed by atoms with Crippen LogP contribution in [0.4, 0.5) is 0 Å². The second-order valence-electron chi connectivity index (χ2n) is 14.0. The molecule has 0 aliphatic carbocycles. The zero-order valence-electron chi connectivity index (χ0n) is 28.6. The van der Waals surface area contributed by atoms with Crippen molar-refractivity contribution in [3.05, 3.63) is 0 Å². The highest BCUT2D eigenvalue weighted by Crippen LogP contribution is 2.17. The molecule has 1 saturated heterocycles. The Morgan fingerprint density at radius 3 is 0.977 bits per heavy atom. The number of nitrogens with one attached hydrogen (secondary N) is 4. The minimum Gasteiger partial charge on any atom is -0.450 e. The van der Waals surface area contributed by atoms with Gasteiger partial charge >= 0.3 is 11.9 Å². The Labute approximate surface area is 262 Å². The quantitative estimate of drug-likeness (QED) is 0.299. The predicted octanol–water partition coefficient (Wildman–Crippen LogP) is 2.48. The second kappa shape index (κ2) is 17.3. The molecule has 1 aliphatic rings. The number of hydrogen-bond donors (Lipinski definition) is 4. The highest BCUT2D eigenvalue weighted by atomic mass is 16.6. The van der Waals surface area contributed by atoms with Crippen molar-refractivity contribution < 1.29 is 38.2 Å². The fourth-order valence-corrected chi connectivity index (χ4v) is 4.83. The summed E-state index contributed by atoms with van der Waals surface area (Å²) in [5.41, 5.74) is 0. The molecule has 0 aromatic rings. The number of rotatable bonds is 8. The van der Waals surface area contributed by atoms with Gasteiger partial charge in [-0.3, -0.25) is 19.2 Å². The van der Waals surface area contributed by atoms with Crippen LogP contribution in [0.1, 0.15) is 95.9 Å². The molecule has 1 aliphatic heterocycles. The summed E-state index contributed by atoms with van der Waals surface area (Å²) in [5, 5.41) is 10.8. The average Bonchev–Trinajstić information content (AvgIpc) is 2.88. The number of amides is 4. The van der Waals surface area contributed by atoms with Gasteiger partial charge in [0, 0.05) is 0 Å². The van der Waals surface area contributed by atoms with Crippen LogP contribution in [0.2, 0.25) is 0 Å². The van der Waals surface area contributed by atoms with Crippen LogP contribution in [0, 0.1) is 35.5 Å². The van der Waals surface area contributed by atoms with Crippen molar-refractivity contribution in [3.63, 3.8) is 0 Å². The monoisotopic (exact) mass is 624 g/mol. The Morgan fingerprint density at radius 2 is 0.750 bits per heavy atom. The molecule has 0 radical (unpaired) electrons. The molecule has 1 fully saturated rings. The molecule has 0 aromatic carbocycles. The van der Waals surface area contributed by atoms with Crippen LogP contribution in [0.15, 0.2) is 0 Å². The number of esters is 2. The van der Waals surface area contributed by atoms with E-state index in [0.717, 1.165) is 0 Å². The Hall–Kier alpha value is -3.18. The van der Waals surface area contributed by atoms with Crippen molar-refractivity contribution in [2.24, 2.45) is 35.5 Å². The Kier molecular flexibility index (Phi) is 15.3. The van der Waals surface area contributed by atoms with E-state index in [-0.39, 0.29) is 36.5 Å². The van der Waals surface area contributed by atoms with Gasteiger partial charge in [0.2, 0.25) is 11.8 Å². The molecule has 4 amide bonds. The first-order chi connectivity index (χ1) is 20.3. The summed E-state index contributed by atoms with van der Waals surface area (Å²) in [7, 11) is 0. The highest BCUT2D eigenvalue weighted by Gasteiger charge is 2.39. The van der Waals surface area contributed by atoms with Crippen LogP contribution >= 0.6 is 0 Å². The minimum atomic E-state index is -1.26. The largest absolute Gasteiger partial charge is 0.450 e. The third-order valence-corrected chi connectivity index (χ3v) is 7.32. The molecule has 12 heteroatoms. The fraction of sp³-hybridized carbons (Fsp3) is 0.812. The lowest BCUT2D eigenvalue weighted by Gasteiger charge is -2.31. The van der Waals surface area contributed by atoms with Gasteiger partial charge in [-0.05, 0) is 48.3 Å². The first-order valence-electron chi connectivity index (χ1n) is 15.9. The second-order valence-corrected chi connectivity index (χ2v) is 14.0. The Bertz CT molecular complexity index is 932. The van der Waals surface area contributed by atoms with Gasteiger partial charge in [-0.1, -0.05) is 83.1 Å². The Morgan fingerprint density at radius 1 is 0.455 bits per heavy atom. The van der Waals surface area contributed by atoms with Gasteiger partial charge in [-0.2, -0.15) is 0 Å². The van der Waals surface area contributed by atoms with Crippen molar-refractivity contribution in [3.8, 4) is 0 Å². The van der Waals surface area contributed by atoms with Crippen molar-refractivity contribution in [2.45, 2.75) is 132 Å². The van der Waals surface area contributed by atoms with Gasteiger partial charge in [-0.15, -0.1) is 0 Å². The zero-order valence-corrected chi connectivity index (χ0v) is 28.6. The van der Waals surface area contributed by atoms with E-state index in [9.17, 15) is 28.8 Å². The van der Waals surface area contributed by atoms with Crippen LogP contribution in [0.5, 0.6) is 0 Å². The maximum absolute atomic E-state index is 13.5. The van der Waals surface area contributed by atoms with Gasteiger partial charge in [0.25, 0.3) is 11.8 Å². The summed E-state index contributed by atoms with van der Waals surface area (Å²) in [6.45, 7) is 21.3. The van der Waals surface area contributed by atoms with E-state index in [4.69, 9.17) is 9.47 Å². The summed E-state index contributed by atoms with van der Waals surface area (Å²) < 4.78 is 11.4. The van der Waals surface area contributed by atoms with Gasteiger partial charge in [-0.25, -0.2) is 9.59 Å². The molecule has 0 bridgehead atoms. The minimum absolute atomic E-state index is 0.0262. The molecule has 4 N–H and O–H groups in total. The number of carbonyl (C=O) groups is 6. The van der Waals surface area contributed by atoms with Gasteiger partial charge in [0.05, 0.1) is 0 Å². The number of cyclic esters (lactones) is 2. The third-order valence-electron chi connectivity index (χ3n) is 7.32. The number of ether oxygens (including phenoxy) is 2. The van der Waals surface area contributed by atoms with Crippen LogP contribution in [0.3, 0.4) is 0 Å². The predicted molar refractivity (Wildman–Crippen MR) is 166 cm³/mol. The zero-order chi connectivity index (χ0) is 34.0.